The van der Waals surface area contributed by atoms with Crippen LogP contribution in [0.4, 0.5) is 0 Å². The van der Waals surface area contributed by atoms with Crippen LogP contribution in [0, 0.1) is 10.8 Å². The summed E-state index contributed by atoms with van der Waals surface area (Å²) < 4.78 is 11.7. The van der Waals surface area contributed by atoms with Crippen LogP contribution in [0.15, 0.2) is 89.3 Å². The number of nitrogens with zero attached hydrogens (tertiary/aromatic N) is 1. The number of benzene rings is 3. The molecule has 6 rings (SSSR count). The highest BCUT2D eigenvalue weighted by molar-refractivity contribution is 6.06. The van der Waals surface area contributed by atoms with Gasteiger partial charge in [0, 0.05) is 55.0 Å². The van der Waals surface area contributed by atoms with Crippen molar-refractivity contribution < 1.29 is 19.1 Å². The Morgan fingerprint density at radius 3 is 1.98 bits per heavy atom. The lowest BCUT2D eigenvalue weighted by molar-refractivity contribution is -0.119. The Morgan fingerprint density at radius 1 is 0.762 bits per heavy atom. The highest BCUT2D eigenvalue weighted by atomic mass is 16.5. The third kappa shape index (κ3) is 5.31. The van der Waals surface area contributed by atoms with Gasteiger partial charge in [-0.3, -0.25) is 9.59 Å². The monoisotopic (exact) mass is 563 g/mol. The number of fused-ring (bicyclic) bond motifs is 1. The van der Waals surface area contributed by atoms with Crippen LogP contribution in [0.5, 0.6) is 5.75 Å². The van der Waals surface area contributed by atoms with Crippen molar-refractivity contribution in [3.8, 4) is 5.75 Å². The molecule has 0 saturated heterocycles. The van der Waals surface area contributed by atoms with E-state index in [0.29, 0.717) is 32.6 Å². The molecule has 0 fully saturated rings. The van der Waals surface area contributed by atoms with Gasteiger partial charge in [-0.2, -0.15) is 0 Å². The molecule has 3 aliphatic rings. The molecule has 5 heteroatoms. The highest BCUT2D eigenvalue weighted by Crippen LogP contribution is 2.54. The van der Waals surface area contributed by atoms with Crippen molar-refractivity contribution in [3.63, 3.8) is 0 Å². The zero-order valence-corrected chi connectivity index (χ0v) is 25.5. The van der Waals surface area contributed by atoms with Gasteiger partial charge in [-0.1, -0.05) is 82.3 Å². The molecule has 0 radical (unpaired) electrons. The van der Waals surface area contributed by atoms with E-state index < -0.39 is 0 Å². The van der Waals surface area contributed by atoms with Gasteiger partial charge in [-0.15, -0.1) is 0 Å². The Hall–Kier alpha value is -3.70. The number of carbonyl (C=O) groups excluding carboxylic acids is 2. The van der Waals surface area contributed by atoms with Gasteiger partial charge in [0.2, 0.25) is 0 Å². The average molecular weight is 564 g/mol. The molecule has 1 heterocycles. The number of allylic oxidation sites excluding steroid dienone is 4. The molecular weight excluding hydrogens is 522 g/mol. The number of methoxy groups -OCH3 is 1. The molecule has 3 aromatic carbocycles. The fraction of sp³-hybridized carbons (Fsp3) is 0.405. The first-order valence-corrected chi connectivity index (χ1v) is 15.1. The van der Waals surface area contributed by atoms with Crippen molar-refractivity contribution in [2.75, 3.05) is 20.3 Å². The Kier molecular flexibility index (Phi) is 7.34. The summed E-state index contributed by atoms with van der Waals surface area (Å²) in [4.78, 5) is 30.1. The predicted octanol–water partition coefficient (Wildman–Crippen LogP) is 7.75. The van der Waals surface area contributed by atoms with E-state index in [2.05, 4.69) is 69.0 Å². The van der Waals surface area contributed by atoms with E-state index in [1.165, 1.54) is 10.8 Å². The summed E-state index contributed by atoms with van der Waals surface area (Å²) >= 11 is 0. The number of ether oxygens (including phenoxy) is 2. The van der Waals surface area contributed by atoms with Crippen LogP contribution >= 0.6 is 0 Å². The maximum absolute atomic E-state index is 13.9. The van der Waals surface area contributed by atoms with E-state index in [-0.39, 0.29) is 28.3 Å². The van der Waals surface area contributed by atoms with Gasteiger partial charge < -0.3 is 14.4 Å². The van der Waals surface area contributed by atoms with Crippen molar-refractivity contribution in [2.24, 2.45) is 10.8 Å². The molecule has 0 bridgehead atoms. The molecule has 0 spiro atoms. The molecule has 0 saturated carbocycles. The molecule has 42 heavy (non-hydrogen) atoms. The Balaban J connectivity index is 1.38. The minimum Gasteiger partial charge on any atom is -0.489 e. The van der Waals surface area contributed by atoms with Crippen LogP contribution in [0.25, 0.3) is 10.8 Å². The molecule has 5 nitrogen and oxygen atoms in total. The van der Waals surface area contributed by atoms with Crippen LogP contribution in [0.3, 0.4) is 0 Å². The minimum absolute atomic E-state index is 0.142. The van der Waals surface area contributed by atoms with Crippen LogP contribution in [0.1, 0.15) is 70.4 Å². The molecule has 0 unspecified atom stereocenters. The van der Waals surface area contributed by atoms with Crippen LogP contribution in [-0.2, 0) is 20.9 Å². The van der Waals surface area contributed by atoms with Crippen molar-refractivity contribution in [1.29, 1.82) is 0 Å². The third-order valence-corrected chi connectivity index (χ3v) is 9.03. The zero-order valence-electron chi connectivity index (χ0n) is 25.5. The van der Waals surface area contributed by atoms with Gasteiger partial charge in [0.1, 0.15) is 12.4 Å². The maximum atomic E-state index is 13.9. The van der Waals surface area contributed by atoms with Crippen molar-refractivity contribution >= 4 is 22.3 Å². The molecule has 0 atom stereocenters. The number of carbonyl (C=O) groups is 2. The molecule has 2 aliphatic carbocycles. The summed E-state index contributed by atoms with van der Waals surface area (Å²) in [7, 11) is 1.70. The van der Waals surface area contributed by atoms with Gasteiger partial charge in [0.15, 0.2) is 11.6 Å². The molecule has 1 aliphatic heterocycles. The summed E-state index contributed by atoms with van der Waals surface area (Å²) in [5.74, 6) is 0.705. The molecule has 0 amide bonds. The SMILES string of the molecule is COCCN1C2=C(C(=O)CC(C)(C)C2)C(c2ccc(OCc3cccc4ccccc34)cc2)C2=C1CC(C)(C)CC2=O. The second-order valence-corrected chi connectivity index (χ2v) is 13.7. The summed E-state index contributed by atoms with van der Waals surface area (Å²) in [6.07, 6.45) is 2.56. The number of rotatable bonds is 7. The zero-order chi connectivity index (χ0) is 29.6. The summed E-state index contributed by atoms with van der Waals surface area (Å²) in [6.45, 7) is 10.3. The molecule has 0 N–H and O–H groups in total. The summed E-state index contributed by atoms with van der Waals surface area (Å²) in [5, 5.41) is 2.38. The lowest BCUT2D eigenvalue weighted by atomic mass is 9.63. The number of hydrogen-bond acceptors (Lipinski definition) is 5. The first kappa shape index (κ1) is 28.4. The second kappa shape index (κ2) is 10.9. The summed E-state index contributed by atoms with van der Waals surface area (Å²) in [5.41, 5.74) is 5.55. The predicted molar refractivity (Wildman–Crippen MR) is 166 cm³/mol. The standard InChI is InChI=1S/C37H41NO4/c1-36(2)19-29-34(31(39)21-36)33(35-30(38(29)17-18-41-5)20-37(3,4)22-32(35)40)25-13-15-27(16-14-25)42-23-26-11-8-10-24-9-6-7-12-28(24)26/h6-16,33H,17-23H2,1-5H3. The lowest BCUT2D eigenvalue weighted by Crippen LogP contribution is -2.45. The maximum Gasteiger partial charge on any atom is 0.162 e. The van der Waals surface area contributed by atoms with Gasteiger partial charge in [-0.25, -0.2) is 0 Å². The van der Waals surface area contributed by atoms with Crippen LogP contribution in [-0.4, -0.2) is 36.7 Å². The van der Waals surface area contributed by atoms with E-state index in [4.69, 9.17) is 9.47 Å². The quantitative estimate of drug-likeness (QED) is 0.294. The smallest absolute Gasteiger partial charge is 0.162 e. The van der Waals surface area contributed by atoms with Crippen molar-refractivity contribution in [2.45, 2.75) is 65.9 Å². The minimum atomic E-state index is -0.354. The first-order valence-electron chi connectivity index (χ1n) is 15.1. The van der Waals surface area contributed by atoms with Gasteiger partial charge in [0.25, 0.3) is 0 Å². The van der Waals surface area contributed by atoms with E-state index in [1.807, 2.05) is 30.3 Å². The van der Waals surface area contributed by atoms with Gasteiger partial charge >= 0.3 is 0 Å². The normalized spacial score (nSPS) is 20.2. The Bertz CT molecular complexity index is 1550. The van der Waals surface area contributed by atoms with E-state index in [0.717, 1.165) is 52.3 Å². The Morgan fingerprint density at radius 2 is 1.36 bits per heavy atom. The fourth-order valence-corrected chi connectivity index (χ4v) is 7.17. The first-order chi connectivity index (χ1) is 20.1. The molecular formula is C37H41NO4. The topological polar surface area (TPSA) is 55.8 Å². The van der Waals surface area contributed by atoms with Crippen LogP contribution < -0.4 is 4.74 Å². The van der Waals surface area contributed by atoms with Crippen LogP contribution in [0.2, 0.25) is 0 Å². The van der Waals surface area contributed by atoms with Gasteiger partial charge in [-0.05, 0) is 57.7 Å². The number of Topliss-reactive ketones (excluding diaryl/α,β-unsaturated/α-hetero) is 2. The van der Waals surface area contributed by atoms with E-state index in [9.17, 15) is 9.59 Å². The molecule has 3 aromatic rings. The second-order valence-electron chi connectivity index (χ2n) is 13.7. The van der Waals surface area contributed by atoms with Crippen molar-refractivity contribution in [1.82, 2.24) is 4.90 Å². The number of hydrogen-bond donors (Lipinski definition) is 0. The molecule has 0 aromatic heterocycles. The highest BCUT2D eigenvalue weighted by Gasteiger charge is 2.48. The van der Waals surface area contributed by atoms with Crippen molar-refractivity contribution in [3.05, 3.63) is 100 Å². The lowest BCUT2D eigenvalue weighted by Gasteiger charge is -2.49. The van der Waals surface area contributed by atoms with E-state index in [1.54, 1.807) is 7.11 Å². The number of ketones is 2. The van der Waals surface area contributed by atoms with Gasteiger partial charge in [0.05, 0.1) is 6.61 Å². The average Bonchev–Trinajstić information content (AvgIpc) is 2.94. The molecule has 218 valence electrons. The summed E-state index contributed by atoms with van der Waals surface area (Å²) in [6, 6.07) is 22.7. The third-order valence-electron chi connectivity index (χ3n) is 9.03. The fourth-order valence-electron chi connectivity index (χ4n) is 7.17. The van der Waals surface area contributed by atoms with E-state index >= 15 is 0 Å². The Labute approximate surface area is 249 Å². The largest absolute Gasteiger partial charge is 0.489 e.